The summed E-state index contributed by atoms with van der Waals surface area (Å²) in [6.45, 7) is 3.62. The van der Waals surface area contributed by atoms with E-state index in [1.165, 1.54) is 17.6 Å². The second-order valence-electron chi connectivity index (χ2n) is 5.45. The standard InChI is InChI=1S/C16H17NO4S/c1-9(2)21-16(19)13-10-5-3-7-12(10)22-15(13)17-14(18)11-6-4-8-20-11/h4,6,8-9H,3,5,7H2,1-2H3,(H,17,18). The van der Waals surface area contributed by atoms with E-state index in [0.29, 0.717) is 10.6 Å². The van der Waals surface area contributed by atoms with Gasteiger partial charge in [-0.1, -0.05) is 0 Å². The Morgan fingerprint density at radius 2 is 2.18 bits per heavy atom. The third-order valence-corrected chi connectivity index (χ3v) is 4.65. The van der Waals surface area contributed by atoms with Crippen molar-refractivity contribution in [2.75, 3.05) is 5.32 Å². The minimum Gasteiger partial charge on any atom is -0.459 e. The lowest BCUT2D eigenvalue weighted by atomic mass is 10.1. The summed E-state index contributed by atoms with van der Waals surface area (Å²) < 4.78 is 10.4. The molecule has 0 saturated heterocycles. The highest BCUT2D eigenvalue weighted by atomic mass is 32.1. The van der Waals surface area contributed by atoms with Crippen LogP contribution in [0.5, 0.6) is 0 Å². The molecule has 0 saturated carbocycles. The maximum absolute atomic E-state index is 12.4. The van der Waals surface area contributed by atoms with Crippen molar-refractivity contribution in [2.45, 2.75) is 39.2 Å². The zero-order valence-electron chi connectivity index (χ0n) is 12.5. The van der Waals surface area contributed by atoms with E-state index in [4.69, 9.17) is 9.15 Å². The van der Waals surface area contributed by atoms with Gasteiger partial charge in [0.05, 0.1) is 17.9 Å². The first-order chi connectivity index (χ1) is 10.6. The van der Waals surface area contributed by atoms with Crippen LogP contribution < -0.4 is 5.32 Å². The van der Waals surface area contributed by atoms with Crippen molar-refractivity contribution in [2.24, 2.45) is 0 Å². The number of nitrogens with one attached hydrogen (secondary N) is 1. The van der Waals surface area contributed by atoms with Crippen molar-refractivity contribution < 1.29 is 18.7 Å². The van der Waals surface area contributed by atoms with Crippen molar-refractivity contribution in [3.8, 4) is 0 Å². The van der Waals surface area contributed by atoms with Crippen LogP contribution >= 0.6 is 11.3 Å². The Bertz CT molecular complexity index is 700. The Labute approximate surface area is 132 Å². The lowest BCUT2D eigenvalue weighted by molar-refractivity contribution is 0.0378. The first-order valence-electron chi connectivity index (χ1n) is 7.26. The van der Waals surface area contributed by atoms with Gasteiger partial charge in [0.1, 0.15) is 5.00 Å². The maximum Gasteiger partial charge on any atom is 0.341 e. The highest BCUT2D eigenvalue weighted by Crippen LogP contribution is 2.39. The normalized spacial score (nSPS) is 13.2. The van der Waals surface area contributed by atoms with E-state index < -0.39 is 0 Å². The van der Waals surface area contributed by atoms with E-state index in [0.717, 1.165) is 29.7 Å². The highest BCUT2D eigenvalue weighted by molar-refractivity contribution is 7.17. The van der Waals surface area contributed by atoms with Gasteiger partial charge < -0.3 is 14.5 Å². The van der Waals surface area contributed by atoms with Gasteiger partial charge >= 0.3 is 5.97 Å². The summed E-state index contributed by atoms with van der Waals surface area (Å²) in [5.41, 5.74) is 1.52. The lowest BCUT2D eigenvalue weighted by Crippen LogP contribution is -2.16. The van der Waals surface area contributed by atoms with Gasteiger partial charge in [-0.15, -0.1) is 11.3 Å². The molecule has 2 aromatic rings. The minimum absolute atomic E-state index is 0.196. The highest BCUT2D eigenvalue weighted by Gasteiger charge is 2.29. The van der Waals surface area contributed by atoms with Crippen LogP contribution in [0.4, 0.5) is 5.00 Å². The van der Waals surface area contributed by atoms with E-state index in [2.05, 4.69) is 5.32 Å². The summed E-state index contributed by atoms with van der Waals surface area (Å²) in [4.78, 5) is 25.7. The quantitative estimate of drug-likeness (QED) is 0.873. The number of hydrogen-bond donors (Lipinski definition) is 1. The van der Waals surface area contributed by atoms with Gasteiger partial charge in [0.2, 0.25) is 0 Å². The number of furan rings is 1. The number of fused-ring (bicyclic) bond motifs is 1. The number of amides is 1. The Balaban J connectivity index is 1.90. The fourth-order valence-electron chi connectivity index (χ4n) is 2.55. The smallest absolute Gasteiger partial charge is 0.341 e. The fraction of sp³-hybridized carbons (Fsp3) is 0.375. The van der Waals surface area contributed by atoms with Gasteiger partial charge in [-0.2, -0.15) is 0 Å². The van der Waals surface area contributed by atoms with Gasteiger partial charge in [-0.25, -0.2) is 4.79 Å². The zero-order chi connectivity index (χ0) is 15.7. The van der Waals surface area contributed by atoms with Crippen molar-refractivity contribution >= 4 is 28.2 Å². The summed E-state index contributed by atoms with van der Waals surface area (Å²) in [6, 6.07) is 3.24. The molecule has 0 bridgehead atoms. The molecular weight excluding hydrogens is 302 g/mol. The number of rotatable bonds is 4. The Morgan fingerprint density at radius 1 is 1.36 bits per heavy atom. The number of esters is 1. The topological polar surface area (TPSA) is 68.5 Å². The molecule has 1 amide bonds. The molecule has 2 heterocycles. The van der Waals surface area contributed by atoms with E-state index in [1.54, 1.807) is 12.1 Å². The predicted octanol–water partition coefficient (Wildman–Crippen LogP) is 3.65. The molecule has 1 aliphatic carbocycles. The van der Waals surface area contributed by atoms with Crippen LogP contribution in [0, 0.1) is 0 Å². The van der Waals surface area contributed by atoms with E-state index >= 15 is 0 Å². The van der Waals surface area contributed by atoms with Crippen LogP contribution in [0.2, 0.25) is 0 Å². The second-order valence-corrected chi connectivity index (χ2v) is 6.55. The molecule has 1 aliphatic rings. The maximum atomic E-state index is 12.4. The van der Waals surface area contributed by atoms with Crippen LogP contribution in [0.3, 0.4) is 0 Å². The molecule has 0 aromatic carbocycles. The van der Waals surface area contributed by atoms with Crippen LogP contribution in [0.25, 0.3) is 0 Å². The number of carbonyl (C=O) groups excluding carboxylic acids is 2. The Morgan fingerprint density at radius 3 is 2.86 bits per heavy atom. The monoisotopic (exact) mass is 319 g/mol. The van der Waals surface area contributed by atoms with Gasteiger partial charge in [-0.3, -0.25) is 4.79 Å². The lowest BCUT2D eigenvalue weighted by Gasteiger charge is -2.10. The summed E-state index contributed by atoms with van der Waals surface area (Å²) in [5.74, 6) is -0.510. The van der Waals surface area contributed by atoms with Gasteiger partial charge in [0.25, 0.3) is 5.91 Å². The van der Waals surface area contributed by atoms with Crippen molar-refractivity contribution in [3.05, 3.63) is 40.2 Å². The molecule has 22 heavy (non-hydrogen) atoms. The summed E-state index contributed by atoms with van der Waals surface area (Å²) in [7, 11) is 0. The number of aryl methyl sites for hydroxylation is 1. The fourth-order valence-corrected chi connectivity index (χ4v) is 3.83. The second kappa shape index (κ2) is 5.96. The molecule has 0 spiro atoms. The molecule has 2 aromatic heterocycles. The number of thiophene rings is 1. The largest absolute Gasteiger partial charge is 0.459 e. The molecule has 0 unspecified atom stereocenters. The number of carbonyl (C=O) groups is 2. The summed E-state index contributed by atoms with van der Waals surface area (Å²) in [6.07, 6.45) is 4.08. The molecule has 3 rings (SSSR count). The molecule has 6 heteroatoms. The third-order valence-electron chi connectivity index (χ3n) is 3.44. The molecule has 0 radical (unpaired) electrons. The molecule has 5 nitrogen and oxygen atoms in total. The van der Waals surface area contributed by atoms with Crippen LogP contribution in [0.1, 0.15) is 51.6 Å². The third kappa shape index (κ3) is 2.78. The average Bonchev–Trinajstić information content (AvgIpc) is 3.13. The Hall–Kier alpha value is -2.08. The van der Waals surface area contributed by atoms with Gasteiger partial charge in [0.15, 0.2) is 5.76 Å². The zero-order valence-corrected chi connectivity index (χ0v) is 13.3. The van der Waals surface area contributed by atoms with Crippen molar-refractivity contribution in [3.63, 3.8) is 0 Å². The number of ether oxygens (including phenoxy) is 1. The molecule has 116 valence electrons. The first kappa shape index (κ1) is 14.8. The average molecular weight is 319 g/mol. The minimum atomic E-state index is -0.371. The SMILES string of the molecule is CC(C)OC(=O)c1c(NC(=O)c2ccco2)sc2c1CCC2. The Kier molecular flexibility index (Phi) is 4.02. The molecule has 0 fully saturated rings. The predicted molar refractivity (Wildman–Crippen MR) is 83.6 cm³/mol. The van der Waals surface area contributed by atoms with Crippen LogP contribution in [-0.2, 0) is 17.6 Å². The molecular formula is C16H17NO4S. The first-order valence-corrected chi connectivity index (χ1v) is 8.08. The van der Waals surface area contributed by atoms with Crippen LogP contribution in [0.15, 0.2) is 22.8 Å². The van der Waals surface area contributed by atoms with Crippen molar-refractivity contribution in [1.82, 2.24) is 0 Å². The van der Waals surface area contributed by atoms with E-state index in [1.807, 2.05) is 13.8 Å². The molecule has 0 aliphatic heterocycles. The summed E-state index contributed by atoms with van der Waals surface area (Å²) >= 11 is 1.46. The molecule has 1 N–H and O–H groups in total. The van der Waals surface area contributed by atoms with Gasteiger partial charge in [0, 0.05) is 4.88 Å². The van der Waals surface area contributed by atoms with Crippen LogP contribution in [-0.4, -0.2) is 18.0 Å². The number of anilines is 1. The van der Waals surface area contributed by atoms with E-state index in [-0.39, 0.29) is 23.7 Å². The van der Waals surface area contributed by atoms with Gasteiger partial charge in [-0.05, 0) is 50.8 Å². The van der Waals surface area contributed by atoms with E-state index in [9.17, 15) is 9.59 Å². The molecule has 0 atom stereocenters. The van der Waals surface area contributed by atoms with Crippen molar-refractivity contribution in [1.29, 1.82) is 0 Å². The summed E-state index contributed by atoms with van der Waals surface area (Å²) in [5, 5.41) is 3.33. The number of hydrogen-bond acceptors (Lipinski definition) is 5.